The molecule has 8 heteroatoms. The average Bonchev–Trinajstić information content (AvgIpc) is 3.20. The van der Waals surface area contributed by atoms with Gasteiger partial charge in [0.15, 0.2) is 5.65 Å². The van der Waals surface area contributed by atoms with Crippen molar-refractivity contribution in [1.29, 1.82) is 0 Å². The summed E-state index contributed by atoms with van der Waals surface area (Å²) >= 11 is 5.60. The van der Waals surface area contributed by atoms with Crippen LogP contribution >= 0.6 is 12.2 Å². The number of aromatic nitrogens is 3. The molecule has 2 aromatic heterocycles. The monoisotopic (exact) mass is 461 g/mol. The van der Waals surface area contributed by atoms with Crippen molar-refractivity contribution >= 4 is 56.4 Å². The smallest absolute Gasteiger partial charge is 0.264 e. The molecule has 7 nitrogen and oxygen atoms in total. The van der Waals surface area contributed by atoms with Gasteiger partial charge in [-0.25, -0.2) is 9.97 Å². The number of rotatable bonds is 4. The number of thiocarbonyl (C=S) groups is 1. The highest BCUT2D eigenvalue weighted by Gasteiger charge is 2.30. The molecule has 0 aliphatic carbocycles. The molecule has 0 spiro atoms. The number of nitrogens with zero attached hydrogens (tertiary/aromatic N) is 4. The first-order chi connectivity index (χ1) is 16.1. The quantitative estimate of drug-likeness (QED) is 0.451. The van der Waals surface area contributed by atoms with Crippen molar-refractivity contribution in [3.63, 3.8) is 0 Å². The van der Waals surface area contributed by atoms with E-state index in [2.05, 4.69) is 4.98 Å². The van der Waals surface area contributed by atoms with E-state index in [-0.39, 0.29) is 11.8 Å². The minimum absolute atomic E-state index is 0.0437. The fraction of sp³-hybridized carbons (Fsp3) is 0.360. The molecule has 1 amide bonds. The van der Waals surface area contributed by atoms with E-state index in [1.54, 1.807) is 0 Å². The third-order valence-electron chi connectivity index (χ3n) is 6.38. The number of carbonyl (C=O) groups is 1. The van der Waals surface area contributed by atoms with E-state index in [9.17, 15) is 4.79 Å². The van der Waals surface area contributed by atoms with Gasteiger partial charge < -0.3 is 19.5 Å². The molecule has 1 aliphatic heterocycles. The van der Waals surface area contributed by atoms with Gasteiger partial charge in [-0.15, -0.1) is 0 Å². The van der Waals surface area contributed by atoms with Crippen LogP contribution in [0.1, 0.15) is 26.7 Å². The number of benzene rings is 2. The molecule has 5 rings (SSSR count). The van der Waals surface area contributed by atoms with Gasteiger partial charge in [0, 0.05) is 43.1 Å². The Kier molecular flexibility index (Phi) is 5.85. The molecule has 1 fully saturated rings. The number of H-pyrrole nitrogens is 1. The van der Waals surface area contributed by atoms with E-state index >= 15 is 0 Å². The number of hydrogen-bond donors (Lipinski definition) is 1. The van der Waals surface area contributed by atoms with Gasteiger partial charge in [0.05, 0.1) is 17.0 Å². The van der Waals surface area contributed by atoms with Crippen molar-refractivity contribution in [2.45, 2.75) is 26.7 Å². The van der Waals surface area contributed by atoms with Crippen LogP contribution in [0.15, 0.2) is 42.5 Å². The summed E-state index contributed by atoms with van der Waals surface area (Å²) in [6.45, 7) is 6.88. The third-order valence-corrected chi connectivity index (χ3v) is 6.72. The Morgan fingerprint density at radius 1 is 1.18 bits per heavy atom. The normalized spacial score (nSPS) is 16.4. The molecular formula is C25H27N5O2S. The number of carbonyl (C=O) groups excluding carboxylic acids is 1. The number of para-hydroxylation sites is 1. The minimum Gasteiger partial charge on any atom is -0.432 e. The summed E-state index contributed by atoms with van der Waals surface area (Å²) in [5.41, 5.74) is 4.16. The van der Waals surface area contributed by atoms with Crippen molar-refractivity contribution < 1.29 is 9.53 Å². The number of aromatic amines is 1. The summed E-state index contributed by atoms with van der Waals surface area (Å²) in [4.78, 5) is 29.6. The SMILES string of the molecule is CCN(CC)C(=O)[C@@H]1CCCN(C(=S)Oc2ccc3nc4[nH]c5ccccc5c4nc3c2)C1. The average molecular weight is 462 g/mol. The second kappa shape index (κ2) is 8.94. The Morgan fingerprint density at radius 2 is 2.00 bits per heavy atom. The van der Waals surface area contributed by atoms with E-state index in [0.717, 1.165) is 65.6 Å². The van der Waals surface area contributed by atoms with Crippen LogP contribution in [0, 0.1) is 5.92 Å². The summed E-state index contributed by atoms with van der Waals surface area (Å²) in [6.07, 6.45) is 1.81. The Balaban J connectivity index is 1.35. The summed E-state index contributed by atoms with van der Waals surface area (Å²) in [5.74, 6) is 0.784. The lowest BCUT2D eigenvalue weighted by molar-refractivity contribution is -0.136. The molecule has 1 saturated heterocycles. The predicted molar refractivity (Wildman–Crippen MR) is 134 cm³/mol. The maximum absolute atomic E-state index is 12.8. The zero-order valence-corrected chi connectivity index (χ0v) is 19.7. The van der Waals surface area contributed by atoms with Gasteiger partial charge in [0.2, 0.25) is 5.91 Å². The largest absolute Gasteiger partial charge is 0.432 e. The number of ether oxygens (including phenoxy) is 1. The van der Waals surface area contributed by atoms with Crippen LogP contribution < -0.4 is 4.74 Å². The molecule has 0 unspecified atom stereocenters. The number of piperidine rings is 1. The fourth-order valence-electron chi connectivity index (χ4n) is 4.60. The van der Waals surface area contributed by atoms with E-state index in [0.29, 0.717) is 17.5 Å². The van der Waals surface area contributed by atoms with E-state index in [1.807, 2.05) is 66.1 Å². The molecule has 3 heterocycles. The van der Waals surface area contributed by atoms with Crippen molar-refractivity contribution in [2.75, 3.05) is 26.2 Å². The van der Waals surface area contributed by atoms with Crippen molar-refractivity contribution in [1.82, 2.24) is 24.8 Å². The van der Waals surface area contributed by atoms with Gasteiger partial charge in [0.1, 0.15) is 11.3 Å². The van der Waals surface area contributed by atoms with Crippen LogP contribution in [-0.4, -0.2) is 62.0 Å². The summed E-state index contributed by atoms with van der Waals surface area (Å²) < 4.78 is 6.04. The summed E-state index contributed by atoms with van der Waals surface area (Å²) in [6, 6.07) is 13.7. The van der Waals surface area contributed by atoms with Crippen LogP contribution in [0.2, 0.25) is 0 Å². The standard InChI is InChI=1S/C25H27N5O2S/c1-3-29(4-2)24(31)16-8-7-13-30(15-16)25(33)32-17-11-12-20-21(14-17)26-22-18-9-5-6-10-19(18)27-23(22)28-20/h5-6,9-12,14,16H,3-4,7-8,13,15H2,1-2H3,(H,27,28)/t16-/m1/s1. The van der Waals surface area contributed by atoms with Gasteiger partial charge in [-0.2, -0.15) is 0 Å². The maximum Gasteiger partial charge on any atom is 0.264 e. The summed E-state index contributed by atoms with van der Waals surface area (Å²) in [7, 11) is 0. The third kappa shape index (κ3) is 4.11. The number of fused-ring (bicyclic) bond motifs is 4. The zero-order valence-electron chi connectivity index (χ0n) is 18.9. The summed E-state index contributed by atoms with van der Waals surface area (Å²) in [5, 5.41) is 1.44. The molecule has 0 radical (unpaired) electrons. The molecular weight excluding hydrogens is 434 g/mol. The zero-order chi connectivity index (χ0) is 22.9. The Morgan fingerprint density at radius 3 is 2.82 bits per heavy atom. The molecule has 4 aromatic rings. The van der Waals surface area contributed by atoms with Gasteiger partial charge in [-0.1, -0.05) is 18.2 Å². The number of hydrogen-bond acceptors (Lipinski definition) is 5. The first-order valence-electron chi connectivity index (χ1n) is 11.5. The van der Waals surface area contributed by atoms with Gasteiger partial charge in [-0.05, 0) is 57.1 Å². The van der Waals surface area contributed by atoms with Gasteiger partial charge in [-0.3, -0.25) is 4.79 Å². The number of amides is 1. The lowest BCUT2D eigenvalue weighted by atomic mass is 9.97. The number of likely N-dealkylation sites (tertiary alicyclic amines) is 1. The molecule has 0 saturated carbocycles. The molecule has 1 aliphatic rings. The van der Waals surface area contributed by atoms with Crippen molar-refractivity contribution in [2.24, 2.45) is 5.92 Å². The first kappa shape index (κ1) is 21.6. The molecule has 1 atom stereocenters. The maximum atomic E-state index is 12.8. The molecule has 2 aromatic carbocycles. The highest BCUT2D eigenvalue weighted by atomic mass is 32.1. The van der Waals surface area contributed by atoms with Crippen LogP contribution in [0.4, 0.5) is 0 Å². The number of nitrogens with one attached hydrogen (secondary N) is 1. The second-order valence-corrected chi connectivity index (χ2v) is 8.75. The van der Waals surface area contributed by atoms with E-state index in [4.69, 9.17) is 26.9 Å². The van der Waals surface area contributed by atoms with Gasteiger partial charge >= 0.3 is 0 Å². The van der Waals surface area contributed by atoms with E-state index < -0.39 is 0 Å². The van der Waals surface area contributed by atoms with Crippen LogP contribution in [-0.2, 0) is 4.79 Å². The van der Waals surface area contributed by atoms with Crippen molar-refractivity contribution in [3.05, 3.63) is 42.5 Å². The minimum atomic E-state index is -0.0437. The molecule has 0 bridgehead atoms. The van der Waals surface area contributed by atoms with Crippen LogP contribution in [0.5, 0.6) is 5.75 Å². The topological polar surface area (TPSA) is 74.3 Å². The van der Waals surface area contributed by atoms with Crippen LogP contribution in [0.25, 0.3) is 33.1 Å². The molecule has 1 N–H and O–H groups in total. The fourth-order valence-corrected chi connectivity index (χ4v) is 4.86. The van der Waals surface area contributed by atoms with Gasteiger partial charge in [0.25, 0.3) is 5.17 Å². The van der Waals surface area contributed by atoms with E-state index in [1.165, 1.54) is 0 Å². The Bertz CT molecular complexity index is 1350. The first-order valence-corrected chi connectivity index (χ1v) is 11.9. The second-order valence-electron chi connectivity index (χ2n) is 8.41. The Hall–Kier alpha value is -3.26. The lowest BCUT2D eigenvalue weighted by Crippen LogP contribution is -2.47. The predicted octanol–water partition coefficient (Wildman–Crippen LogP) is 4.51. The van der Waals surface area contributed by atoms with Crippen LogP contribution in [0.3, 0.4) is 0 Å². The lowest BCUT2D eigenvalue weighted by Gasteiger charge is -2.35. The molecule has 33 heavy (non-hydrogen) atoms. The highest BCUT2D eigenvalue weighted by molar-refractivity contribution is 7.80. The Labute approximate surface area is 197 Å². The highest BCUT2D eigenvalue weighted by Crippen LogP contribution is 2.27. The molecule has 170 valence electrons. The van der Waals surface area contributed by atoms with Crippen molar-refractivity contribution in [3.8, 4) is 5.75 Å².